The van der Waals surface area contributed by atoms with Crippen molar-refractivity contribution in [3.05, 3.63) is 80.8 Å². The Bertz CT molecular complexity index is 1630. The molecule has 0 bridgehead atoms. The monoisotopic (exact) mass is 672 g/mol. The minimum Gasteiger partial charge on any atom is -0.495 e. The summed E-state index contributed by atoms with van der Waals surface area (Å²) in [6.07, 6.45) is 2.04. The van der Waals surface area contributed by atoms with Crippen molar-refractivity contribution in [3.8, 4) is 5.75 Å². The number of nitrogens with one attached hydrogen (secondary N) is 3. The number of aromatic nitrogens is 1. The molecule has 0 unspecified atom stereocenters. The molecule has 3 heterocycles. The SMILES string of the molecule is COC(=O)c1ccc(NC(=O)[C@@H]2N[C@@H](CC(C)(C)C)[C@@]3(C(=O)Nc4cc(Br)cnc43)[C@H]2c2cccc(Cl)c2F)c(OC)c1. The first-order valence-corrected chi connectivity index (χ1v) is 14.7. The minimum absolute atomic E-state index is 0.109. The summed E-state index contributed by atoms with van der Waals surface area (Å²) < 4.78 is 26.8. The molecule has 0 saturated carbocycles. The third-order valence-corrected chi connectivity index (χ3v) is 8.65. The van der Waals surface area contributed by atoms with E-state index in [-0.39, 0.29) is 33.0 Å². The number of fused-ring (bicyclic) bond motifs is 2. The Hall–Kier alpha value is -3.54. The van der Waals surface area contributed by atoms with E-state index in [1.54, 1.807) is 24.4 Å². The van der Waals surface area contributed by atoms with E-state index in [0.717, 1.165) is 0 Å². The average Bonchev–Trinajstić information content (AvgIpc) is 3.43. The van der Waals surface area contributed by atoms with Crippen molar-refractivity contribution in [2.75, 3.05) is 24.9 Å². The van der Waals surface area contributed by atoms with Crippen LogP contribution in [0.5, 0.6) is 5.75 Å². The number of amides is 2. The number of rotatable bonds is 6. The molecule has 2 aliphatic rings. The van der Waals surface area contributed by atoms with Gasteiger partial charge in [-0.3, -0.25) is 14.6 Å². The lowest BCUT2D eigenvalue weighted by Gasteiger charge is -2.37. The van der Waals surface area contributed by atoms with Gasteiger partial charge in [-0.15, -0.1) is 0 Å². The number of pyridine rings is 1. The molecule has 0 aliphatic carbocycles. The summed E-state index contributed by atoms with van der Waals surface area (Å²) in [7, 11) is 2.67. The lowest BCUT2D eigenvalue weighted by Crippen LogP contribution is -2.50. The van der Waals surface area contributed by atoms with E-state index in [1.807, 2.05) is 20.8 Å². The fourth-order valence-corrected chi connectivity index (χ4v) is 6.74. The first-order chi connectivity index (χ1) is 20.3. The van der Waals surface area contributed by atoms with Gasteiger partial charge < -0.3 is 25.4 Å². The third kappa shape index (κ3) is 5.38. The number of nitrogens with zero attached hydrogens (tertiary/aromatic N) is 1. The second-order valence-corrected chi connectivity index (χ2v) is 13.2. The Balaban J connectivity index is 1.68. The molecule has 226 valence electrons. The van der Waals surface area contributed by atoms with Gasteiger partial charge in [0.2, 0.25) is 11.8 Å². The predicted octanol–water partition coefficient (Wildman–Crippen LogP) is 5.82. The molecule has 2 amide bonds. The fourth-order valence-electron chi connectivity index (χ4n) is 6.23. The minimum atomic E-state index is -1.46. The van der Waals surface area contributed by atoms with Crippen molar-refractivity contribution < 1.29 is 28.2 Å². The van der Waals surface area contributed by atoms with E-state index in [2.05, 4.69) is 36.9 Å². The Morgan fingerprint density at radius 3 is 2.60 bits per heavy atom. The fraction of sp³-hybridized carbons (Fsp3) is 0.355. The van der Waals surface area contributed by atoms with E-state index in [1.165, 1.54) is 38.5 Å². The second-order valence-electron chi connectivity index (χ2n) is 11.9. The summed E-state index contributed by atoms with van der Waals surface area (Å²) in [5.74, 6) is -3.05. The zero-order valence-corrected chi connectivity index (χ0v) is 26.5. The molecule has 1 spiro atoms. The zero-order valence-electron chi connectivity index (χ0n) is 24.2. The first-order valence-electron chi connectivity index (χ1n) is 13.6. The number of ether oxygens (including phenoxy) is 2. The molecule has 3 aromatic rings. The summed E-state index contributed by atoms with van der Waals surface area (Å²) in [6, 6.07) is 9.04. The van der Waals surface area contributed by atoms with Gasteiger partial charge in [0.05, 0.1) is 47.9 Å². The highest BCUT2D eigenvalue weighted by Crippen LogP contribution is 2.56. The number of hydrogen-bond donors (Lipinski definition) is 3. The van der Waals surface area contributed by atoms with Crippen molar-refractivity contribution in [3.63, 3.8) is 0 Å². The predicted molar refractivity (Wildman–Crippen MR) is 164 cm³/mol. The summed E-state index contributed by atoms with van der Waals surface area (Å²) in [4.78, 5) is 45.2. The molecule has 4 atom stereocenters. The lowest BCUT2D eigenvalue weighted by atomic mass is 9.64. The van der Waals surface area contributed by atoms with Crippen LogP contribution in [0.15, 0.2) is 53.1 Å². The summed E-state index contributed by atoms with van der Waals surface area (Å²) in [5, 5.41) is 9.09. The lowest BCUT2D eigenvalue weighted by molar-refractivity contribution is -0.122. The molecular weight excluding hydrogens is 643 g/mol. The smallest absolute Gasteiger partial charge is 0.337 e. The number of carbonyl (C=O) groups is 3. The normalized spacial score (nSPS) is 22.7. The van der Waals surface area contributed by atoms with Gasteiger partial charge in [-0.25, -0.2) is 9.18 Å². The van der Waals surface area contributed by atoms with Crippen molar-refractivity contribution in [2.24, 2.45) is 5.41 Å². The molecule has 12 heteroatoms. The summed E-state index contributed by atoms with van der Waals surface area (Å²) >= 11 is 9.68. The van der Waals surface area contributed by atoms with Crippen LogP contribution < -0.4 is 20.7 Å². The highest BCUT2D eigenvalue weighted by atomic mass is 79.9. The van der Waals surface area contributed by atoms with Crippen LogP contribution in [0.3, 0.4) is 0 Å². The number of halogens is 3. The van der Waals surface area contributed by atoms with Gasteiger partial charge in [0, 0.05) is 22.6 Å². The zero-order chi connectivity index (χ0) is 31.3. The van der Waals surface area contributed by atoms with Gasteiger partial charge in [0.1, 0.15) is 17.0 Å². The average molecular weight is 674 g/mol. The third-order valence-electron chi connectivity index (χ3n) is 7.92. The van der Waals surface area contributed by atoms with Crippen LogP contribution in [0.25, 0.3) is 0 Å². The quantitative estimate of drug-likeness (QED) is 0.282. The van der Waals surface area contributed by atoms with E-state index in [9.17, 15) is 14.4 Å². The van der Waals surface area contributed by atoms with Crippen LogP contribution >= 0.6 is 27.5 Å². The van der Waals surface area contributed by atoms with Crippen molar-refractivity contribution in [1.82, 2.24) is 10.3 Å². The van der Waals surface area contributed by atoms with Crippen molar-refractivity contribution in [1.29, 1.82) is 0 Å². The molecule has 1 saturated heterocycles. The van der Waals surface area contributed by atoms with Crippen LogP contribution in [-0.4, -0.2) is 49.1 Å². The molecule has 1 fully saturated rings. The van der Waals surface area contributed by atoms with E-state index in [0.29, 0.717) is 22.3 Å². The molecule has 9 nitrogen and oxygen atoms in total. The number of anilines is 2. The standard InChI is InChI=1S/C31H31BrClFN4O5/c1-30(2,3)13-22-31(26-20(37-29(31)41)12-16(32)14-35-26)23(17-7-6-8-18(33)24(17)34)25(38-22)27(39)36-19-10-9-15(28(40)43-5)11-21(19)42-4/h6-12,14,22-23,25,38H,13H2,1-5H3,(H,36,39)(H,37,41)/t22-,23-,25+,31+/m0/s1. The molecule has 2 aromatic carbocycles. The molecule has 0 radical (unpaired) electrons. The van der Waals surface area contributed by atoms with E-state index in [4.69, 9.17) is 21.1 Å². The Kier molecular flexibility index (Phi) is 8.28. The maximum atomic E-state index is 15.9. The molecule has 2 aliphatic heterocycles. The van der Waals surface area contributed by atoms with Gasteiger partial charge in [-0.1, -0.05) is 44.5 Å². The van der Waals surface area contributed by atoms with Gasteiger partial charge in [0.25, 0.3) is 0 Å². The molecule has 5 rings (SSSR count). The van der Waals surface area contributed by atoms with Crippen LogP contribution in [0.1, 0.15) is 54.7 Å². The topological polar surface area (TPSA) is 119 Å². The highest BCUT2D eigenvalue weighted by Gasteiger charge is 2.67. The number of methoxy groups -OCH3 is 2. The van der Waals surface area contributed by atoms with E-state index < -0.39 is 47.0 Å². The molecular formula is C31H31BrClFN4O5. The number of esters is 1. The van der Waals surface area contributed by atoms with Gasteiger partial charge >= 0.3 is 5.97 Å². The van der Waals surface area contributed by atoms with Gasteiger partial charge in [-0.05, 0) is 63.7 Å². The highest BCUT2D eigenvalue weighted by molar-refractivity contribution is 9.10. The van der Waals surface area contributed by atoms with Gasteiger partial charge in [-0.2, -0.15) is 0 Å². The molecule has 3 N–H and O–H groups in total. The maximum Gasteiger partial charge on any atom is 0.337 e. The Morgan fingerprint density at radius 2 is 1.93 bits per heavy atom. The Labute approximate surface area is 262 Å². The van der Waals surface area contributed by atoms with E-state index >= 15 is 4.39 Å². The van der Waals surface area contributed by atoms with Crippen LogP contribution in [0.4, 0.5) is 15.8 Å². The van der Waals surface area contributed by atoms with Gasteiger partial charge in [0.15, 0.2) is 0 Å². The number of hydrogen-bond acceptors (Lipinski definition) is 7. The summed E-state index contributed by atoms with van der Waals surface area (Å²) in [5.41, 5.74) is -0.239. The second kappa shape index (κ2) is 11.5. The van der Waals surface area contributed by atoms with Crippen LogP contribution in [-0.2, 0) is 19.7 Å². The summed E-state index contributed by atoms with van der Waals surface area (Å²) in [6.45, 7) is 6.09. The van der Waals surface area contributed by atoms with Crippen molar-refractivity contribution >= 4 is 56.7 Å². The largest absolute Gasteiger partial charge is 0.495 e. The Morgan fingerprint density at radius 1 is 1.19 bits per heavy atom. The van der Waals surface area contributed by atoms with Crippen LogP contribution in [0.2, 0.25) is 5.02 Å². The number of carbonyl (C=O) groups excluding carboxylic acids is 3. The first kappa shape index (κ1) is 30.9. The molecule has 1 aromatic heterocycles. The number of benzene rings is 2. The molecule has 43 heavy (non-hydrogen) atoms. The maximum absolute atomic E-state index is 15.9. The van der Waals surface area contributed by atoms with Crippen LogP contribution in [0, 0.1) is 11.2 Å². The van der Waals surface area contributed by atoms with Crippen molar-refractivity contribution in [2.45, 2.75) is 50.6 Å².